The molecule has 1 aliphatic heterocycles. The zero-order chi connectivity index (χ0) is 33.5. The van der Waals surface area contributed by atoms with E-state index in [0.29, 0.717) is 12.3 Å². The molecule has 4 heterocycles. The van der Waals surface area contributed by atoms with Crippen LogP contribution in [0, 0.1) is 0 Å². The summed E-state index contributed by atoms with van der Waals surface area (Å²) in [6.45, 7) is 0.688. The number of benzene rings is 7. The number of anilines is 3. The van der Waals surface area contributed by atoms with E-state index >= 15 is 0 Å². The van der Waals surface area contributed by atoms with Gasteiger partial charge in [0.25, 0.3) is 0 Å². The third-order valence-corrected chi connectivity index (χ3v) is 10.4. The van der Waals surface area contributed by atoms with Crippen LogP contribution in [0.25, 0.3) is 82.6 Å². The molecule has 240 valence electrons. The Morgan fingerprint density at radius 1 is 0.549 bits per heavy atom. The molecule has 0 saturated heterocycles. The number of nitrogens with one attached hydrogen (secondary N) is 1. The first-order chi connectivity index (χ1) is 25.3. The molecule has 51 heavy (non-hydrogen) atoms. The van der Waals surface area contributed by atoms with Gasteiger partial charge in [0.2, 0.25) is 5.71 Å². The van der Waals surface area contributed by atoms with Gasteiger partial charge in [-0.3, -0.25) is 0 Å². The minimum atomic E-state index is 0.625. The Bertz CT molecular complexity index is 3010. The van der Waals surface area contributed by atoms with Crippen LogP contribution in [0.2, 0.25) is 0 Å². The van der Waals surface area contributed by atoms with Crippen molar-refractivity contribution in [1.29, 1.82) is 0 Å². The summed E-state index contributed by atoms with van der Waals surface area (Å²) < 4.78 is 12.9. The highest BCUT2D eigenvalue weighted by Crippen LogP contribution is 2.46. The summed E-state index contributed by atoms with van der Waals surface area (Å²) in [5.41, 5.74) is 8.69. The van der Waals surface area contributed by atoms with Crippen LogP contribution in [0.1, 0.15) is 11.3 Å². The van der Waals surface area contributed by atoms with Crippen LogP contribution in [0.15, 0.2) is 161 Å². The van der Waals surface area contributed by atoms with Crippen molar-refractivity contribution in [2.45, 2.75) is 6.54 Å². The normalized spacial score (nSPS) is 12.7. The molecule has 0 spiro atoms. The topological polar surface area (TPSA) is 54.4 Å². The Morgan fingerprint density at radius 2 is 1.22 bits per heavy atom. The number of para-hydroxylation sites is 1. The Hall–Kier alpha value is -6.85. The van der Waals surface area contributed by atoms with E-state index in [1.54, 1.807) is 6.20 Å². The Kier molecular flexibility index (Phi) is 5.95. The molecular weight excluding hydrogens is 627 g/mol. The zero-order valence-electron chi connectivity index (χ0n) is 27.4. The van der Waals surface area contributed by atoms with Crippen molar-refractivity contribution in [2.75, 3.05) is 4.90 Å². The minimum Gasteiger partial charge on any atom is -0.456 e. The maximum atomic E-state index is 6.51. The predicted octanol–water partition coefficient (Wildman–Crippen LogP) is 12.4. The average Bonchev–Trinajstić information content (AvgIpc) is 3.78. The molecule has 5 nitrogen and oxygen atoms in total. The average molecular weight is 656 g/mol. The van der Waals surface area contributed by atoms with E-state index in [9.17, 15) is 0 Å². The van der Waals surface area contributed by atoms with Crippen LogP contribution in [-0.2, 0) is 6.54 Å². The lowest BCUT2D eigenvalue weighted by Crippen LogP contribution is -2.13. The smallest absolute Gasteiger partial charge is 0.227 e. The second-order valence-corrected chi connectivity index (χ2v) is 13.2. The molecule has 0 atom stereocenters. The number of furan rings is 2. The number of rotatable bonds is 4. The van der Waals surface area contributed by atoms with Crippen LogP contribution in [0.5, 0.6) is 0 Å². The van der Waals surface area contributed by atoms with E-state index < -0.39 is 0 Å². The second kappa shape index (κ2) is 10.8. The highest BCUT2D eigenvalue weighted by atomic mass is 16.3. The molecular formula is C46H29N3O2. The van der Waals surface area contributed by atoms with Crippen LogP contribution in [-0.4, -0.2) is 4.98 Å². The monoisotopic (exact) mass is 655 g/mol. The van der Waals surface area contributed by atoms with E-state index in [-0.39, 0.29) is 0 Å². The fourth-order valence-electron chi connectivity index (χ4n) is 8.10. The summed E-state index contributed by atoms with van der Waals surface area (Å²) in [6.07, 6.45) is 5.72. The largest absolute Gasteiger partial charge is 0.456 e. The maximum Gasteiger partial charge on any atom is 0.227 e. The van der Waals surface area contributed by atoms with Crippen molar-refractivity contribution in [1.82, 2.24) is 10.3 Å². The van der Waals surface area contributed by atoms with E-state index in [4.69, 9.17) is 8.83 Å². The molecule has 0 aliphatic carbocycles. The number of hydrogen-bond donors (Lipinski definition) is 1. The summed E-state index contributed by atoms with van der Waals surface area (Å²) in [7, 11) is 0. The molecule has 0 fully saturated rings. The molecule has 0 bridgehead atoms. The zero-order valence-corrected chi connectivity index (χ0v) is 27.4. The second-order valence-electron chi connectivity index (χ2n) is 13.2. The predicted molar refractivity (Wildman–Crippen MR) is 210 cm³/mol. The van der Waals surface area contributed by atoms with Gasteiger partial charge in [0.05, 0.1) is 11.4 Å². The molecule has 0 unspecified atom stereocenters. The lowest BCUT2D eigenvalue weighted by atomic mass is 9.92. The Labute approximate surface area is 292 Å². The fourth-order valence-corrected chi connectivity index (χ4v) is 8.10. The number of nitrogens with zero attached hydrogens (tertiary/aromatic N) is 2. The standard InChI is InChI=1S/C46H29N3O2/c1-2-10-33-31(8-1)32-9-3-4-11-34(32)38-26-29(19-22-35(33)38)28-17-20-30(21-18-28)49(40-14-6-16-43-44(40)39-27-47-25-23-42(39)50-43)41-15-5-12-36-37-13-7-24-48-46(37)51-45(36)41/h1-26,47H,27H2. The van der Waals surface area contributed by atoms with Gasteiger partial charge < -0.3 is 19.1 Å². The molecule has 5 heteroatoms. The van der Waals surface area contributed by atoms with Gasteiger partial charge in [-0.2, -0.15) is 0 Å². The molecule has 0 saturated carbocycles. The molecule has 7 aromatic carbocycles. The van der Waals surface area contributed by atoms with E-state index in [0.717, 1.165) is 61.3 Å². The lowest BCUT2D eigenvalue weighted by molar-refractivity contribution is 0.592. The molecule has 11 rings (SSSR count). The van der Waals surface area contributed by atoms with Gasteiger partial charge in [-0.1, -0.05) is 91.0 Å². The van der Waals surface area contributed by atoms with Crippen molar-refractivity contribution < 1.29 is 8.83 Å². The van der Waals surface area contributed by atoms with Gasteiger partial charge in [0.15, 0.2) is 5.58 Å². The fraction of sp³-hybridized carbons (Fsp3) is 0.0217. The number of fused-ring (bicyclic) bond motifs is 12. The Balaban J connectivity index is 1.11. The van der Waals surface area contributed by atoms with Crippen LogP contribution in [0.3, 0.4) is 0 Å². The van der Waals surface area contributed by atoms with Gasteiger partial charge in [0, 0.05) is 46.4 Å². The molecule has 10 aromatic rings. The quantitative estimate of drug-likeness (QED) is 0.191. The van der Waals surface area contributed by atoms with Gasteiger partial charge in [-0.25, -0.2) is 4.98 Å². The first kappa shape index (κ1) is 28.0. The van der Waals surface area contributed by atoms with Crippen molar-refractivity contribution in [3.63, 3.8) is 0 Å². The summed E-state index contributed by atoms with van der Waals surface area (Å²) in [5.74, 6) is 0.884. The van der Waals surface area contributed by atoms with Crippen molar-refractivity contribution in [2.24, 2.45) is 0 Å². The van der Waals surface area contributed by atoms with Gasteiger partial charge >= 0.3 is 0 Å². The first-order valence-corrected chi connectivity index (χ1v) is 17.2. The Morgan fingerprint density at radius 3 is 2.02 bits per heavy atom. The van der Waals surface area contributed by atoms with Crippen molar-refractivity contribution >= 4 is 88.5 Å². The highest BCUT2D eigenvalue weighted by molar-refractivity contribution is 6.25. The van der Waals surface area contributed by atoms with Gasteiger partial charge in [-0.15, -0.1) is 0 Å². The number of hydrogen-bond acceptors (Lipinski definition) is 5. The third kappa shape index (κ3) is 4.18. The first-order valence-electron chi connectivity index (χ1n) is 17.2. The maximum absolute atomic E-state index is 6.51. The molecule has 3 aromatic heterocycles. The summed E-state index contributed by atoms with van der Waals surface area (Å²) in [4.78, 5) is 6.85. The van der Waals surface area contributed by atoms with Crippen molar-refractivity contribution in [3.8, 4) is 11.1 Å². The van der Waals surface area contributed by atoms with Crippen LogP contribution in [0.4, 0.5) is 17.1 Å². The number of pyridine rings is 1. The van der Waals surface area contributed by atoms with Crippen LogP contribution < -0.4 is 10.2 Å². The van der Waals surface area contributed by atoms with E-state index in [2.05, 4.69) is 143 Å². The molecule has 1 aliphatic rings. The summed E-state index contributed by atoms with van der Waals surface area (Å²) in [5, 5.41) is 14.1. The minimum absolute atomic E-state index is 0.625. The van der Waals surface area contributed by atoms with Crippen molar-refractivity contribution in [3.05, 3.63) is 163 Å². The molecule has 1 N–H and O–H groups in total. The molecule has 0 radical (unpaired) electrons. The van der Waals surface area contributed by atoms with Gasteiger partial charge in [-0.05, 0) is 98.1 Å². The SMILES string of the molecule is C1=Cc2oc3cccc(N(c4ccc(-c5ccc6c7ccccc7c7ccccc7c6c5)cc4)c4cccc5c4oc4ncccc45)c3c2CN1. The molecule has 0 amide bonds. The van der Waals surface area contributed by atoms with E-state index in [1.807, 2.05) is 24.4 Å². The summed E-state index contributed by atoms with van der Waals surface area (Å²) in [6, 6.07) is 49.8. The number of aromatic nitrogens is 1. The lowest BCUT2D eigenvalue weighted by Gasteiger charge is -2.27. The van der Waals surface area contributed by atoms with E-state index in [1.165, 1.54) is 37.9 Å². The van der Waals surface area contributed by atoms with Crippen LogP contribution >= 0.6 is 0 Å². The summed E-state index contributed by atoms with van der Waals surface area (Å²) >= 11 is 0. The van der Waals surface area contributed by atoms with Gasteiger partial charge in [0.1, 0.15) is 11.3 Å². The highest BCUT2D eigenvalue weighted by Gasteiger charge is 2.25. The third-order valence-electron chi connectivity index (χ3n) is 10.4.